The van der Waals surface area contributed by atoms with Gasteiger partial charge in [0, 0.05) is 9.69 Å². The number of halogens is 1. The van der Waals surface area contributed by atoms with Gasteiger partial charge in [-0.25, -0.2) is 0 Å². The van der Waals surface area contributed by atoms with Crippen LogP contribution in [0.4, 0.5) is 0 Å². The van der Waals surface area contributed by atoms with Gasteiger partial charge in [0.15, 0.2) is 0 Å². The fraction of sp³-hybridized carbons (Fsp3) is 0.333. The molecular weight excluding hydrogens is 270 g/mol. The van der Waals surface area contributed by atoms with Gasteiger partial charge in [0.1, 0.15) is 0 Å². The van der Waals surface area contributed by atoms with Gasteiger partial charge >= 0.3 is 5.97 Å². The maximum Gasteiger partial charge on any atom is 0.310 e. The third-order valence-corrected chi connectivity index (χ3v) is 3.34. The van der Waals surface area contributed by atoms with Crippen molar-refractivity contribution in [2.45, 2.75) is 13.3 Å². The molecule has 0 radical (unpaired) electrons. The minimum atomic E-state index is -0.763. The highest BCUT2D eigenvalue weighted by Gasteiger charge is 2.22. The average Bonchev–Trinajstić information content (AvgIpc) is 2.62. The van der Waals surface area contributed by atoms with Crippen molar-refractivity contribution in [1.29, 1.82) is 0 Å². The highest BCUT2D eigenvalue weighted by Crippen LogP contribution is 2.17. The minimum absolute atomic E-state index is 0.417. The Kier molecular flexibility index (Phi) is 3.10. The number of hydrogen-bond acceptors (Lipinski definition) is 2. The maximum absolute atomic E-state index is 11.1. The highest BCUT2D eigenvalue weighted by atomic mass is 79.9. The Morgan fingerprint density at radius 2 is 2.38 bits per heavy atom. The molecule has 1 N–H and O–H groups in total. The Morgan fingerprint density at radius 1 is 1.62 bits per heavy atom. The Hall–Kier alpha value is -1.16. The zero-order valence-electron chi connectivity index (χ0n) is 8.90. The number of hydrogen-bond donors (Lipinski definition) is 1. The SMILES string of the molecule is CC[C@H](C(=O)O)C1=c2cc(Br)ccc2=NC1. The van der Waals surface area contributed by atoms with E-state index in [4.69, 9.17) is 5.11 Å². The normalized spacial score (nSPS) is 15.5. The zero-order chi connectivity index (χ0) is 11.7. The van der Waals surface area contributed by atoms with Crippen LogP contribution in [0.15, 0.2) is 27.7 Å². The molecule has 1 aliphatic heterocycles. The van der Waals surface area contributed by atoms with Crippen molar-refractivity contribution in [1.82, 2.24) is 0 Å². The number of nitrogens with zero attached hydrogens (tertiary/aromatic N) is 1. The van der Waals surface area contributed by atoms with E-state index in [2.05, 4.69) is 20.9 Å². The van der Waals surface area contributed by atoms with Gasteiger partial charge in [0.25, 0.3) is 0 Å². The van der Waals surface area contributed by atoms with E-state index in [1.807, 2.05) is 25.1 Å². The summed E-state index contributed by atoms with van der Waals surface area (Å²) in [5, 5.41) is 11.0. The molecule has 0 aliphatic carbocycles. The van der Waals surface area contributed by atoms with Gasteiger partial charge in [-0.2, -0.15) is 0 Å². The van der Waals surface area contributed by atoms with E-state index < -0.39 is 11.9 Å². The lowest BCUT2D eigenvalue weighted by atomic mass is 9.95. The summed E-state index contributed by atoms with van der Waals surface area (Å²) >= 11 is 3.40. The molecule has 0 bridgehead atoms. The summed E-state index contributed by atoms with van der Waals surface area (Å²) in [6, 6.07) is 5.79. The molecule has 0 aromatic heterocycles. The highest BCUT2D eigenvalue weighted by molar-refractivity contribution is 9.10. The largest absolute Gasteiger partial charge is 0.481 e. The molecule has 1 aromatic carbocycles. The average molecular weight is 282 g/mol. The first-order valence-electron chi connectivity index (χ1n) is 5.19. The monoisotopic (exact) mass is 281 g/mol. The molecule has 4 heteroatoms. The van der Waals surface area contributed by atoms with Crippen LogP contribution in [0, 0.1) is 5.92 Å². The molecule has 0 fully saturated rings. The zero-order valence-corrected chi connectivity index (χ0v) is 10.5. The molecule has 0 saturated carbocycles. The summed E-state index contributed by atoms with van der Waals surface area (Å²) in [6.07, 6.45) is 0.603. The maximum atomic E-state index is 11.1. The molecule has 0 unspecified atom stereocenters. The number of rotatable bonds is 3. The van der Waals surface area contributed by atoms with Crippen molar-refractivity contribution in [3.8, 4) is 0 Å². The van der Waals surface area contributed by atoms with E-state index in [9.17, 15) is 4.79 Å². The van der Waals surface area contributed by atoms with Gasteiger partial charge in [-0.15, -0.1) is 0 Å². The van der Waals surface area contributed by atoms with Crippen LogP contribution < -0.4 is 10.6 Å². The molecule has 84 valence electrons. The Labute approximate surface area is 102 Å². The molecule has 2 rings (SSSR count). The van der Waals surface area contributed by atoms with Crippen LogP contribution in [0.3, 0.4) is 0 Å². The molecule has 1 heterocycles. The number of carboxylic acids is 1. The van der Waals surface area contributed by atoms with Gasteiger partial charge in [-0.3, -0.25) is 9.79 Å². The molecule has 1 aromatic rings. The summed E-state index contributed by atoms with van der Waals surface area (Å²) in [5.74, 6) is -1.18. The second-order valence-electron chi connectivity index (χ2n) is 3.80. The van der Waals surface area contributed by atoms with E-state index in [0.717, 1.165) is 20.6 Å². The van der Waals surface area contributed by atoms with Crippen molar-refractivity contribution < 1.29 is 9.90 Å². The van der Waals surface area contributed by atoms with E-state index in [0.29, 0.717) is 13.0 Å². The van der Waals surface area contributed by atoms with Crippen LogP contribution >= 0.6 is 15.9 Å². The molecule has 0 saturated heterocycles. The first-order valence-corrected chi connectivity index (χ1v) is 5.98. The Morgan fingerprint density at radius 3 is 3.00 bits per heavy atom. The van der Waals surface area contributed by atoms with Crippen LogP contribution in [-0.4, -0.2) is 17.6 Å². The second-order valence-corrected chi connectivity index (χ2v) is 4.72. The minimum Gasteiger partial charge on any atom is -0.481 e. The van der Waals surface area contributed by atoms with E-state index >= 15 is 0 Å². The van der Waals surface area contributed by atoms with Gasteiger partial charge in [0.05, 0.1) is 17.8 Å². The predicted octanol–water partition coefficient (Wildman–Crippen LogP) is 1.34. The van der Waals surface area contributed by atoms with E-state index in [-0.39, 0.29) is 0 Å². The van der Waals surface area contributed by atoms with Crippen LogP contribution in [0.5, 0.6) is 0 Å². The second kappa shape index (κ2) is 4.37. The lowest BCUT2D eigenvalue weighted by Gasteiger charge is -2.10. The topological polar surface area (TPSA) is 49.7 Å². The smallest absolute Gasteiger partial charge is 0.310 e. The van der Waals surface area contributed by atoms with Crippen LogP contribution in [0.1, 0.15) is 13.3 Å². The summed E-state index contributed by atoms with van der Waals surface area (Å²) in [5.41, 5.74) is 0.923. The number of aliphatic carboxylic acids is 1. The van der Waals surface area contributed by atoms with Gasteiger partial charge < -0.3 is 5.11 Å². The first kappa shape index (κ1) is 11.3. The molecule has 0 amide bonds. The van der Waals surface area contributed by atoms with Gasteiger partial charge in [0.2, 0.25) is 0 Å². The summed E-state index contributed by atoms with van der Waals surface area (Å²) in [6.45, 7) is 2.40. The number of carbonyl (C=O) groups is 1. The van der Waals surface area contributed by atoms with Crippen LogP contribution in [0.25, 0.3) is 5.57 Å². The standard InChI is InChI=1S/C12H12BrNO2/c1-2-8(12(15)16)10-6-14-11-4-3-7(13)5-9(10)11/h3-5,8H,2,6H2,1H3,(H,15,16)/t8-/m0/s1. The molecule has 16 heavy (non-hydrogen) atoms. The third kappa shape index (κ3) is 1.89. The third-order valence-electron chi connectivity index (χ3n) is 2.85. The Balaban J connectivity index is 2.63. The van der Waals surface area contributed by atoms with Crippen molar-refractivity contribution in [2.75, 3.05) is 6.54 Å². The first-order chi connectivity index (χ1) is 7.63. The molecule has 3 nitrogen and oxygen atoms in total. The quantitative estimate of drug-likeness (QED) is 0.909. The predicted molar refractivity (Wildman–Crippen MR) is 64.6 cm³/mol. The number of carboxylic acid groups (broad SMARTS) is 1. The number of fused-ring (bicyclic) bond motifs is 1. The van der Waals surface area contributed by atoms with Crippen LogP contribution in [-0.2, 0) is 4.79 Å². The molecular formula is C12H12BrNO2. The summed E-state index contributed by atoms with van der Waals surface area (Å²) < 4.78 is 0.959. The Bertz CT molecular complexity index is 551. The van der Waals surface area contributed by atoms with Crippen LogP contribution in [0.2, 0.25) is 0 Å². The summed E-state index contributed by atoms with van der Waals surface area (Å²) in [4.78, 5) is 15.5. The summed E-state index contributed by atoms with van der Waals surface area (Å²) in [7, 11) is 0. The fourth-order valence-corrected chi connectivity index (χ4v) is 2.39. The van der Waals surface area contributed by atoms with E-state index in [1.165, 1.54) is 0 Å². The van der Waals surface area contributed by atoms with E-state index in [1.54, 1.807) is 0 Å². The van der Waals surface area contributed by atoms with Crippen molar-refractivity contribution >= 4 is 27.5 Å². The molecule has 0 spiro atoms. The fourth-order valence-electron chi connectivity index (χ4n) is 2.03. The van der Waals surface area contributed by atoms with Gasteiger partial charge in [-0.1, -0.05) is 22.9 Å². The lowest BCUT2D eigenvalue weighted by molar-refractivity contribution is -0.139. The lowest BCUT2D eigenvalue weighted by Crippen LogP contribution is -2.27. The molecule has 1 aliphatic rings. The van der Waals surface area contributed by atoms with Crippen molar-refractivity contribution in [3.63, 3.8) is 0 Å². The van der Waals surface area contributed by atoms with Crippen molar-refractivity contribution in [3.05, 3.63) is 33.2 Å². The number of benzene rings is 1. The van der Waals surface area contributed by atoms with Gasteiger partial charge in [-0.05, 0) is 30.2 Å². The molecule has 1 atom stereocenters. The van der Waals surface area contributed by atoms with Crippen molar-refractivity contribution in [2.24, 2.45) is 10.9 Å².